The van der Waals surface area contributed by atoms with Crippen molar-refractivity contribution in [2.75, 3.05) is 17.2 Å². The van der Waals surface area contributed by atoms with E-state index in [4.69, 9.17) is 0 Å². The molecule has 0 aliphatic carbocycles. The molecule has 2 N–H and O–H groups in total. The van der Waals surface area contributed by atoms with Gasteiger partial charge in [0.2, 0.25) is 0 Å². The number of nitrogens with one attached hydrogen (secondary N) is 2. The van der Waals surface area contributed by atoms with E-state index in [-0.39, 0.29) is 0 Å². The van der Waals surface area contributed by atoms with Gasteiger partial charge >= 0.3 is 0 Å². The highest BCUT2D eigenvalue weighted by Gasteiger charge is 2.03. The lowest BCUT2D eigenvalue weighted by molar-refractivity contribution is 0.671. The number of nitrogens with zero attached hydrogens (tertiary/aromatic N) is 1. The first kappa shape index (κ1) is 11.8. The minimum atomic E-state index is 0.557. The highest BCUT2D eigenvalue weighted by Crippen LogP contribution is 2.14. The number of aromatic nitrogens is 1. The van der Waals surface area contributed by atoms with Crippen LogP contribution in [-0.2, 0) is 0 Å². The van der Waals surface area contributed by atoms with Crippen LogP contribution in [0, 0.1) is 0 Å². The highest BCUT2D eigenvalue weighted by molar-refractivity contribution is 5.52. The van der Waals surface area contributed by atoms with Crippen LogP contribution in [0.5, 0.6) is 0 Å². The maximum absolute atomic E-state index is 4.24. The number of hydrogen-bond donors (Lipinski definition) is 2. The molecule has 1 aromatic heterocycles. The monoisotopic (exact) mass is 207 g/mol. The van der Waals surface area contributed by atoms with Gasteiger partial charge in [0.15, 0.2) is 0 Å². The predicted octanol–water partition coefficient (Wildman–Crippen LogP) is 3.11. The van der Waals surface area contributed by atoms with Gasteiger partial charge in [-0.1, -0.05) is 13.8 Å². The van der Waals surface area contributed by atoms with Crippen LogP contribution >= 0.6 is 0 Å². The standard InChI is InChI=1S/C12H21N3/c1-4-10(5-2)15-11-7-8-14-12(9-11)13-6-3/h7-10H,4-6H2,1-3H3,(H2,13,14,15). The highest BCUT2D eigenvalue weighted by atomic mass is 15.0. The van der Waals surface area contributed by atoms with Gasteiger partial charge in [0.05, 0.1) is 0 Å². The Morgan fingerprint density at radius 1 is 1.27 bits per heavy atom. The van der Waals surface area contributed by atoms with Crippen LogP contribution in [0.1, 0.15) is 33.6 Å². The number of anilines is 2. The molecule has 1 rings (SSSR count). The van der Waals surface area contributed by atoms with Crippen molar-refractivity contribution in [1.29, 1.82) is 0 Å². The summed E-state index contributed by atoms with van der Waals surface area (Å²) < 4.78 is 0. The first-order valence-corrected chi connectivity index (χ1v) is 5.76. The third-order valence-corrected chi connectivity index (χ3v) is 2.47. The minimum Gasteiger partial charge on any atom is -0.382 e. The van der Waals surface area contributed by atoms with Crippen LogP contribution < -0.4 is 10.6 Å². The summed E-state index contributed by atoms with van der Waals surface area (Å²) in [5.41, 5.74) is 1.15. The molecule has 0 aliphatic heterocycles. The smallest absolute Gasteiger partial charge is 0.127 e. The zero-order valence-electron chi connectivity index (χ0n) is 9.88. The zero-order valence-corrected chi connectivity index (χ0v) is 9.88. The second-order valence-electron chi connectivity index (χ2n) is 3.62. The number of hydrogen-bond acceptors (Lipinski definition) is 3. The molecule has 3 heteroatoms. The Balaban J connectivity index is 2.64. The second-order valence-corrected chi connectivity index (χ2v) is 3.62. The zero-order chi connectivity index (χ0) is 11.1. The molecule has 84 valence electrons. The first-order chi connectivity index (χ1) is 7.30. The van der Waals surface area contributed by atoms with Crippen LogP contribution in [0.2, 0.25) is 0 Å². The Labute approximate surface area is 92.3 Å². The van der Waals surface area contributed by atoms with E-state index >= 15 is 0 Å². The average molecular weight is 207 g/mol. The van der Waals surface area contributed by atoms with Gasteiger partial charge in [0.1, 0.15) is 5.82 Å². The predicted molar refractivity (Wildman–Crippen MR) is 66.4 cm³/mol. The van der Waals surface area contributed by atoms with Crippen LogP contribution in [0.15, 0.2) is 18.3 Å². The summed E-state index contributed by atoms with van der Waals surface area (Å²) in [7, 11) is 0. The van der Waals surface area contributed by atoms with Gasteiger partial charge in [-0.05, 0) is 25.8 Å². The summed E-state index contributed by atoms with van der Waals surface area (Å²) in [6.45, 7) is 7.38. The fourth-order valence-corrected chi connectivity index (χ4v) is 1.53. The molecule has 0 aliphatic rings. The van der Waals surface area contributed by atoms with Crippen LogP contribution in [0.25, 0.3) is 0 Å². The Morgan fingerprint density at radius 2 is 2.00 bits per heavy atom. The van der Waals surface area contributed by atoms with Gasteiger partial charge in [-0.15, -0.1) is 0 Å². The lowest BCUT2D eigenvalue weighted by atomic mass is 10.1. The van der Waals surface area contributed by atoms with Crippen molar-refractivity contribution in [3.05, 3.63) is 18.3 Å². The van der Waals surface area contributed by atoms with Gasteiger partial charge in [0, 0.05) is 30.5 Å². The second kappa shape index (κ2) is 6.27. The van der Waals surface area contributed by atoms with Crippen molar-refractivity contribution >= 4 is 11.5 Å². The topological polar surface area (TPSA) is 37.0 Å². The average Bonchev–Trinajstić information content (AvgIpc) is 2.27. The van der Waals surface area contributed by atoms with Crippen LogP contribution in [-0.4, -0.2) is 17.6 Å². The lowest BCUT2D eigenvalue weighted by Gasteiger charge is -2.16. The summed E-state index contributed by atoms with van der Waals surface area (Å²) in [6.07, 6.45) is 4.13. The fraction of sp³-hybridized carbons (Fsp3) is 0.583. The third-order valence-electron chi connectivity index (χ3n) is 2.47. The number of pyridine rings is 1. The SMILES string of the molecule is CCNc1cc(NC(CC)CC)ccn1. The molecule has 15 heavy (non-hydrogen) atoms. The molecule has 0 bridgehead atoms. The van der Waals surface area contributed by atoms with E-state index in [0.29, 0.717) is 6.04 Å². The number of rotatable bonds is 6. The summed E-state index contributed by atoms with van der Waals surface area (Å²) in [5.74, 6) is 0.938. The largest absolute Gasteiger partial charge is 0.382 e. The van der Waals surface area contributed by atoms with Gasteiger partial charge < -0.3 is 10.6 Å². The molecule has 0 spiro atoms. The Morgan fingerprint density at radius 3 is 2.60 bits per heavy atom. The van der Waals surface area contributed by atoms with E-state index in [0.717, 1.165) is 30.9 Å². The van der Waals surface area contributed by atoms with Crippen molar-refractivity contribution in [2.24, 2.45) is 0 Å². The van der Waals surface area contributed by atoms with Gasteiger partial charge in [-0.25, -0.2) is 4.98 Å². The molecule has 0 aromatic carbocycles. The molecule has 0 radical (unpaired) electrons. The molecule has 0 fully saturated rings. The first-order valence-electron chi connectivity index (χ1n) is 5.76. The fourth-order valence-electron chi connectivity index (χ4n) is 1.53. The van der Waals surface area contributed by atoms with Crippen molar-refractivity contribution < 1.29 is 0 Å². The van der Waals surface area contributed by atoms with E-state index < -0.39 is 0 Å². The molecule has 0 saturated heterocycles. The van der Waals surface area contributed by atoms with Gasteiger partial charge in [-0.2, -0.15) is 0 Å². The molecular formula is C12H21N3. The maximum Gasteiger partial charge on any atom is 0.127 e. The van der Waals surface area contributed by atoms with Crippen LogP contribution in [0.3, 0.4) is 0 Å². The summed E-state index contributed by atoms with van der Waals surface area (Å²) >= 11 is 0. The summed E-state index contributed by atoms with van der Waals surface area (Å²) in [6, 6.07) is 4.63. The van der Waals surface area contributed by atoms with E-state index in [9.17, 15) is 0 Å². The molecule has 3 nitrogen and oxygen atoms in total. The van der Waals surface area contributed by atoms with E-state index in [1.807, 2.05) is 12.3 Å². The normalized spacial score (nSPS) is 10.4. The van der Waals surface area contributed by atoms with E-state index in [2.05, 4.69) is 42.5 Å². The molecule has 0 amide bonds. The quantitative estimate of drug-likeness (QED) is 0.752. The maximum atomic E-state index is 4.24. The lowest BCUT2D eigenvalue weighted by Crippen LogP contribution is -2.17. The van der Waals surface area contributed by atoms with Gasteiger partial charge in [0.25, 0.3) is 0 Å². The molecule has 1 aromatic rings. The van der Waals surface area contributed by atoms with Gasteiger partial charge in [-0.3, -0.25) is 0 Å². The van der Waals surface area contributed by atoms with Crippen molar-refractivity contribution in [1.82, 2.24) is 4.98 Å². The minimum absolute atomic E-state index is 0.557. The van der Waals surface area contributed by atoms with Crippen molar-refractivity contribution in [3.63, 3.8) is 0 Å². The summed E-state index contributed by atoms with van der Waals surface area (Å²) in [5, 5.41) is 6.70. The Kier molecular flexibility index (Phi) is 4.95. The molecule has 1 heterocycles. The van der Waals surface area contributed by atoms with E-state index in [1.165, 1.54) is 0 Å². The Bertz CT molecular complexity index is 282. The van der Waals surface area contributed by atoms with Crippen molar-refractivity contribution in [3.8, 4) is 0 Å². The molecule has 0 unspecified atom stereocenters. The van der Waals surface area contributed by atoms with Crippen LogP contribution in [0.4, 0.5) is 11.5 Å². The van der Waals surface area contributed by atoms with E-state index in [1.54, 1.807) is 0 Å². The van der Waals surface area contributed by atoms with Crippen molar-refractivity contribution in [2.45, 2.75) is 39.7 Å². The molecule has 0 saturated carbocycles. The summed E-state index contributed by atoms with van der Waals surface area (Å²) in [4.78, 5) is 4.24. The Hall–Kier alpha value is -1.25. The molecular weight excluding hydrogens is 186 g/mol. The third kappa shape index (κ3) is 3.78. The molecule has 0 atom stereocenters.